The zero-order valence-corrected chi connectivity index (χ0v) is 10.5. The van der Waals surface area contributed by atoms with Crippen LogP contribution >= 0.6 is 0 Å². The van der Waals surface area contributed by atoms with Gasteiger partial charge >= 0.3 is 0 Å². The van der Waals surface area contributed by atoms with Crippen molar-refractivity contribution in [3.05, 3.63) is 12.3 Å². The maximum absolute atomic E-state index is 5.98. The molecule has 5 heteroatoms. The maximum Gasteiger partial charge on any atom is 0.228 e. The Bertz CT molecular complexity index is 449. The minimum atomic E-state index is 0.482. The van der Waals surface area contributed by atoms with Crippen LogP contribution in [0.4, 0.5) is 5.95 Å². The second-order valence-corrected chi connectivity index (χ2v) is 5.42. The Balaban J connectivity index is 1.57. The van der Waals surface area contributed by atoms with Crippen LogP contribution in [0.15, 0.2) is 12.3 Å². The van der Waals surface area contributed by atoms with Crippen molar-refractivity contribution in [1.29, 1.82) is 0 Å². The molecular weight excluding hydrogens is 230 g/mol. The van der Waals surface area contributed by atoms with E-state index in [2.05, 4.69) is 14.9 Å². The van der Waals surface area contributed by atoms with Crippen LogP contribution in [0.3, 0.4) is 0 Å². The van der Waals surface area contributed by atoms with Crippen LogP contribution in [0.25, 0.3) is 0 Å². The number of hydrogen-bond acceptors (Lipinski definition) is 5. The number of methoxy groups -OCH3 is 1. The van der Waals surface area contributed by atoms with Crippen LogP contribution in [0.5, 0.6) is 5.88 Å². The van der Waals surface area contributed by atoms with Crippen molar-refractivity contribution < 1.29 is 9.47 Å². The molecule has 18 heavy (non-hydrogen) atoms. The normalized spacial score (nSPS) is 37.1. The van der Waals surface area contributed by atoms with Crippen molar-refractivity contribution in [2.45, 2.75) is 25.0 Å². The third kappa shape index (κ3) is 1.43. The van der Waals surface area contributed by atoms with E-state index in [-0.39, 0.29) is 0 Å². The Morgan fingerprint density at radius 3 is 2.67 bits per heavy atom. The Hall–Kier alpha value is -1.36. The number of aromatic nitrogens is 2. The summed E-state index contributed by atoms with van der Waals surface area (Å²) in [5, 5.41) is 0. The smallest absolute Gasteiger partial charge is 0.228 e. The highest BCUT2D eigenvalue weighted by Gasteiger charge is 2.53. The van der Waals surface area contributed by atoms with E-state index in [1.54, 1.807) is 19.4 Å². The molecule has 0 aliphatic carbocycles. The van der Waals surface area contributed by atoms with Gasteiger partial charge < -0.3 is 14.4 Å². The topological polar surface area (TPSA) is 47.5 Å². The van der Waals surface area contributed by atoms with Crippen molar-refractivity contribution in [2.75, 3.05) is 25.1 Å². The first-order chi connectivity index (χ1) is 8.85. The van der Waals surface area contributed by atoms with E-state index >= 15 is 0 Å². The fourth-order valence-electron chi connectivity index (χ4n) is 3.72. The summed E-state index contributed by atoms with van der Waals surface area (Å²) in [6.45, 7) is 2.05. The molecule has 0 radical (unpaired) electrons. The number of nitrogens with zero attached hydrogens (tertiary/aromatic N) is 3. The van der Waals surface area contributed by atoms with Gasteiger partial charge in [-0.3, -0.25) is 0 Å². The van der Waals surface area contributed by atoms with Crippen LogP contribution in [-0.4, -0.2) is 42.4 Å². The minimum absolute atomic E-state index is 0.482. The lowest BCUT2D eigenvalue weighted by Gasteiger charge is -2.18. The van der Waals surface area contributed by atoms with Crippen molar-refractivity contribution >= 4 is 5.95 Å². The number of fused-ring (bicyclic) bond motifs is 5. The summed E-state index contributed by atoms with van der Waals surface area (Å²) in [7, 11) is 1.64. The monoisotopic (exact) mass is 247 g/mol. The van der Waals surface area contributed by atoms with E-state index in [0.717, 1.165) is 19.0 Å². The Morgan fingerprint density at radius 1 is 1.28 bits per heavy atom. The molecule has 0 aromatic carbocycles. The summed E-state index contributed by atoms with van der Waals surface area (Å²) < 4.78 is 11.1. The lowest BCUT2D eigenvalue weighted by atomic mass is 9.82. The summed E-state index contributed by atoms with van der Waals surface area (Å²) >= 11 is 0. The summed E-state index contributed by atoms with van der Waals surface area (Å²) in [6, 6.07) is 1.78. The molecule has 3 fully saturated rings. The average molecular weight is 247 g/mol. The number of anilines is 1. The van der Waals surface area contributed by atoms with Gasteiger partial charge in [0.2, 0.25) is 11.8 Å². The van der Waals surface area contributed by atoms with Crippen LogP contribution in [0.2, 0.25) is 0 Å². The second-order valence-electron chi connectivity index (χ2n) is 5.42. The highest BCUT2D eigenvalue weighted by Crippen LogP contribution is 2.47. The molecule has 2 bridgehead atoms. The van der Waals surface area contributed by atoms with Gasteiger partial charge in [0, 0.05) is 37.2 Å². The van der Waals surface area contributed by atoms with E-state index in [9.17, 15) is 0 Å². The molecule has 3 aliphatic rings. The number of rotatable bonds is 2. The third-order valence-electron chi connectivity index (χ3n) is 4.56. The first kappa shape index (κ1) is 10.6. The van der Waals surface area contributed by atoms with Crippen molar-refractivity contribution in [3.63, 3.8) is 0 Å². The zero-order valence-electron chi connectivity index (χ0n) is 10.5. The predicted molar refractivity (Wildman–Crippen MR) is 65.7 cm³/mol. The van der Waals surface area contributed by atoms with Gasteiger partial charge in [-0.2, -0.15) is 4.98 Å². The van der Waals surface area contributed by atoms with Gasteiger partial charge in [-0.15, -0.1) is 0 Å². The van der Waals surface area contributed by atoms with Crippen LogP contribution < -0.4 is 9.64 Å². The highest BCUT2D eigenvalue weighted by atomic mass is 16.5. The van der Waals surface area contributed by atoms with Gasteiger partial charge in [0.25, 0.3) is 0 Å². The number of hydrogen-bond donors (Lipinski definition) is 0. The maximum atomic E-state index is 5.98. The van der Waals surface area contributed by atoms with Crippen molar-refractivity contribution in [1.82, 2.24) is 9.97 Å². The van der Waals surface area contributed by atoms with E-state index in [0.29, 0.717) is 29.9 Å². The van der Waals surface area contributed by atoms with Gasteiger partial charge in [-0.05, 0) is 12.8 Å². The van der Waals surface area contributed by atoms with E-state index in [1.807, 2.05) is 0 Å². The molecule has 0 spiro atoms. The van der Waals surface area contributed by atoms with Crippen molar-refractivity contribution in [3.8, 4) is 5.88 Å². The molecule has 5 nitrogen and oxygen atoms in total. The van der Waals surface area contributed by atoms with Crippen LogP contribution in [0, 0.1) is 11.8 Å². The summed E-state index contributed by atoms with van der Waals surface area (Å²) in [5.41, 5.74) is 0. The van der Waals surface area contributed by atoms with Gasteiger partial charge in [0.05, 0.1) is 19.3 Å². The molecule has 4 atom stereocenters. The SMILES string of the molecule is COc1ccnc(N2C[C@@H]3[C@H](C2)[C@H]2CC[C@@H]3O2)n1. The van der Waals surface area contributed by atoms with Crippen molar-refractivity contribution in [2.24, 2.45) is 11.8 Å². The molecule has 1 aromatic rings. The summed E-state index contributed by atoms with van der Waals surface area (Å²) in [4.78, 5) is 11.1. The predicted octanol–water partition coefficient (Wildman–Crippen LogP) is 1.10. The van der Waals surface area contributed by atoms with E-state index < -0.39 is 0 Å². The summed E-state index contributed by atoms with van der Waals surface area (Å²) in [5.74, 6) is 2.79. The first-order valence-electron chi connectivity index (χ1n) is 6.62. The quantitative estimate of drug-likeness (QED) is 0.783. The molecule has 3 aliphatic heterocycles. The van der Waals surface area contributed by atoms with Crippen LogP contribution in [0.1, 0.15) is 12.8 Å². The largest absolute Gasteiger partial charge is 0.481 e. The standard InChI is InChI=1S/C13H17N3O2/c1-17-12-4-5-14-13(15-12)16-6-8-9(7-16)11-3-2-10(8)18-11/h4-5,8-11H,2-3,6-7H2,1H3/t8-,9+,10+,11-. The Kier molecular flexibility index (Phi) is 2.24. The Morgan fingerprint density at radius 2 is 2.00 bits per heavy atom. The minimum Gasteiger partial charge on any atom is -0.481 e. The summed E-state index contributed by atoms with van der Waals surface area (Å²) in [6.07, 6.45) is 5.20. The lowest BCUT2D eigenvalue weighted by Crippen LogP contribution is -2.26. The molecule has 4 heterocycles. The number of ether oxygens (including phenoxy) is 2. The molecule has 0 saturated carbocycles. The Labute approximate surface area is 106 Å². The molecule has 0 unspecified atom stereocenters. The first-order valence-corrected chi connectivity index (χ1v) is 6.62. The zero-order chi connectivity index (χ0) is 12.1. The third-order valence-corrected chi connectivity index (χ3v) is 4.56. The lowest BCUT2D eigenvalue weighted by molar-refractivity contribution is 0.0849. The molecule has 4 rings (SSSR count). The highest BCUT2D eigenvalue weighted by molar-refractivity contribution is 5.35. The van der Waals surface area contributed by atoms with Gasteiger partial charge in [0.15, 0.2) is 0 Å². The molecule has 3 saturated heterocycles. The molecular formula is C13H17N3O2. The van der Waals surface area contributed by atoms with Gasteiger partial charge in [-0.1, -0.05) is 0 Å². The van der Waals surface area contributed by atoms with E-state index in [1.165, 1.54) is 12.8 Å². The second kappa shape index (κ2) is 3.82. The fraction of sp³-hybridized carbons (Fsp3) is 0.692. The fourth-order valence-corrected chi connectivity index (χ4v) is 3.72. The average Bonchev–Trinajstić information content (AvgIpc) is 3.10. The van der Waals surface area contributed by atoms with Gasteiger partial charge in [-0.25, -0.2) is 4.98 Å². The molecule has 0 amide bonds. The van der Waals surface area contributed by atoms with Crippen LogP contribution in [-0.2, 0) is 4.74 Å². The molecule has 1 aromatic heterocycles. The van der Waals surface area contributed by atoms with E-state index in [4.69, 9.17) is 9.47 Å². The van der Waals surface area contributed by atoms with Gasteiger partial charge in [0.1, 0.15) is 0 Å². The molecule has 96 valence electrons. The molecule has 0 N–H and O–H groups in total.